The Kier molecular flexibility index (Phi) is 18.0. The third-order valence-corrected chi connectivity index (χ3v) is 3.12. The molecule has 0 amide bonds. The van der Waals surface area contributed by atoms with Crippen LogP contribution in [0.5, 0.6) is 0 Å². The predicted molar refractivity (Wildman–Crippen MR) is 94.3 cm³/mol. The number of hydrogen-bond acceptors (Lipinski definition) is 4. The number of carbonyl (C=O) groups excluding carboxylic acids is 2. The fourth-order valence-corrected chi connectivity index (χ4v) is 1.64. The molecule has 2 unspecified atom stereocenters. The van der Waals surface area contributed by atoms with E-state index in [0.717, 1.165) is 0 Å². The Morgan fingerprint density at radius 3 is 1.50 bits per heavy atom. The van der Waals surface area contributed by atoms with Gasteiger partial charge in [-0.2, -0.15) is 13.2 Å². The number of alkyl halides is 5. The standard InChI is InChI=1S/C10H19FO2.C6H11FO2.C2HF3O/c1-5-8(6-7-11)9(12)13-10(2,3)4;1-2-5(3-4-7)6(8)9;3-2(4,5)1-6/h8H,5-7H2,1-4H3;5H,2-4H2,1H3,(H,8,9);1H. The summed E-state index contributed by atoms with van der Waals surface area (Å²) in [5, 5.41) is 8.34. The normalized spacial score (nSPS) is 13.1. The molecule has 0 saturated carbocycles. The van der Waals surface area contributed by atoms with Crippen molar-refractivity contribution in [2.75, 3.05) is 13.3 Å². The zero-order valence-corrected chi connectivity index (χ0v) is 16.9. The second-order valence-electron chi connectivity index (χ2n) is 6.70. The summed E-state index contributed by atoms with van der Waals surface area (Å²) in [5.74, 6) is -1.96. The van der Waals surface area contributed by atoms with Gasteiger partial charge in [0.2, 0.25) is 6.29 Å². The van der Waals surface area contributed by atoms with Crippen molar-refractivity contribution in [3.63, 3.8) is 0 Å². The van der Waals surface area contributed by atoms with Crippen molar-refractivity contribution in [1.29, 1.82) is 0 Å². The molecule has 0 heterocycles. The lowest BCUT2D eigenvalue weighted by molar-refractivity contribution is -0.160. The Labute approximate surface area is 162 Å². The molecule has 0 rings (SSSR count). The first kappa shape index (κ1) is 31.0. The molecule has 0 aromatic rings. The summed E-state index contributed by atoms with van der Waals surface area (Å²) in [6.07, 6.45) is -4.14. The Morgan fingerprint density at radius 1 is 0.964 bits per heavy atom. The number of carbonyl (C=O) groups is 3. The molecule has 1 N–H and O–H groups in total. The number of aldehydes is 1. The molecule has 0 bridgehead atoms. The number of carboxylic acids is 1. The highest BCUT2D eigenvalue weighted by Gasteiger charge is 2.25. The molecule has 0 radical (unpaired) electrons. The summed E-state index contributed by atoms with van der Waals surface area (Å²) in [4.78, 5) is 30.2. The minimum absolute atomic E-state index is 0.145. The van der Waals surface area contributed by atoms with E-state index in [2.05, 4.69) is 0 Å². The summed E-state index contributed by atoms with van der Waals surface area (Å²) in [6, 6.07) is 0. The predicted octanol–water partition coefficient (Wildman–Crippen LogP) is 4.92. The molecule has 0 aliphatic rings. The van der Waals surface area contributed by atoms with Crippen molar-refractivity contribution in [1.82, 2.24) is 0 Å². The molecule has 2 atom stereocenters. The van der Waals surface area contributed by atoms with Gasteiger partial charge >= 0.3 is 18.1 Å². The van der Waals surface area contributed by atoms with Gasteiger partial charge in [-0.3, -0.25) is 23.2 Å². The lowest BCUT2D eigenvalue weighted by Gasteiger charge is -2.22. The van der Waals surface area contributed by atoms with E-state index in [1.165, 1.54) is 0 Å². The molecule has 0 spiro atoms. The summed E-state index contributed by atoms with van der Waals surface area (Å²) in [6.45, 7) is 8.05. The summed E-state index contributed by atoms with van der Waals surface area (Å²) >= 11 is 0. The molecule has 0 fully saturated rings. The molecule has 0 aliphatic heterocycles. The van der Waals surface area contributed by atoms with Crippen LogP contribution in [0.25, 0.3) is 0 Å². The SMILES string of the molecule is CCC(CCF)C(=O)O.CCC(CCF)C(=O)OC(C)(C)C.O=CC(F)(F)F. The largest absolute Gasteiger partial charge is 0.481 e. The van der Waals surface area contributed by atoms with Crippen molar-refractivity contribution in [2.24, 2.45) is 11.8 Å². The maximum atomic E-state index is 12.0. The maximum absolute atomic E-state index is 12.0. The van der Waals surface area contributed by atoms with Gasteiger partial charge in [-0.15, -0.1) is 0 Å². The number of rotatable bonds is 8. The molecule has 10 heteroatoms. The zero-order valence-electron chi connectivity index (χ0n) is 16.9. The van der Waals surface area contributed by atoms with Crippen molar-refractivity contribution in [3.05, 3.63) is 0 Å². The molecule has 0 aliphatic carbocycles. The number of halogens is 5. The van der Waals surface area contributed by atoms with Gasteiger partial charge < -0.3 is 9.84 Å². The fourth-order valence-electron chi connectivity index (χ4n) is 1.64. The summed E-state index contributed by atoms with van der Waals surface area (Å²) in [5.41, 5.74) is -0.471. The van der Waals surface area contributed by atoms with Crippen LogP contribution in [0.3, 0.4) is 0 Å². The van der Waals surface area contributed by atoms with Crippen molar-refractivity contribution >= 4 is 18.2 Å². The highest BCUT2D eigenvalue weighted by atomic mass is 19.4. The fraction of sp³-hybridized carbons (Fsp3) is 0.833. The van der Waals surface area contributed by atoms with Crippen molar-refractivity contribution in [2.45, 2.75) is 72.1 Å². The van der Waals surface area contributed by atoms with E-state index >= 15 is 0 Å². The van der Waals surface area contributed by atoms with Crippen LogP contribution in [0.1, 0.15) is 60.3 Å². The van der Waals surface area contributed by atoms with Crippen LogP contribution in [-0.2, 0) is 19.1 Å². The minimum atomic E-state index is -4.64. The van der Waals surface area contributed by atoms with Crippen LogP contribution in [-0.4, -0.2) is 48.5 Å². The Hall–Kier alpha value is -1.74. The maximum Gasteiger partial charge on any atom is 0.446 e. The number of esters is 1. The van der Waals surface area contributed by atoms with Crippen molar-refractivity contribution < 1.29 is 46.2 Å². The average molecular weight is 422 g/mol. The van der Waals surface area contributed by atoms with E-state index in [9.17, 15) is 31.5 Å². The van der Waals surface area contributed by atoms with E-state index in [-0.39, 0.29) is 24.7 Å². The van der Waals surface area contributed by atoms with Gasteiger partial charge in [0.05, 0.1) is 25.2 Å². The number of carboxylic acid groups (broad SMARTS) is 1. The Bertz CT molecular complexity index is 433. The van der Waals surface area contributed by atoms with E-state index < -0.39 is 43.3 Å². The third-order valence-electron chi connectivity index (χ3n) is 3.12. The lowest BCUT2D eigenvalue weighted by Crippen LogP contribution is -2.28. The van der Waals surface area contributed by atoms with E-state index in [4.69, 9.17) is 14.6 Å². The first-order chi connectivity index (χ1) is 12.7. The molecule has 5 nitrogen and oxygen atoms in total. The molecule has 168 valence electrons. The van der Waals surface area contributed by atoms with Crippen LogP contribution < -0.4 is 0 Å². The molecule has 28 heavy (non-hydrogen) atoms. The van der Waals surface area contributed by atoms with Crippen molar-refractivity contribution in [3.8, 4) is 0 Å². The first-order valence-corrected chi connectivity index (χ1v) is 8.79. The van der Waals surface area contributed by atoms with E-state index in [1.807, 2.05) is 27.7 Å². The van der Waals surface area contributed by atoms with Crippen LogP contribution >= 0.6 is 0 Å². The number of aliphatic carboxylic acids is 1. The number of ether oxygens (including phenoxy) is 1. The molecule has 0 saturated heterocycles. The quantitative estimate of drug-likeness (QED) is 0.341. The zero-order chi connectivity index (χ0) is 23.0. The first-order valence-electron chi connectivity index (χ1n) is 8.79. The van der Waals surface area contributed by atoms with Crippen LogP contribution in [0.15, 0.2) is 0 Å². The van der Waals surface area contributed by atoms with Gasteiger partial charge in [-0.25, -0.2) is 0 Å². The van der Waals surface area contributed by atoms with Gasteiger partial charge in [0.1, 0.15) is 5.60 Å². The second kappa shape index (κ2) is 16.2. The van der Waals surface area contributed by atoms with Crippen LogP contribution in [0, 0.1) is 11.8 Å². The van der Waals surface area contributed by atoms with Crippen LogP contribution in [0.4, 0.5) is 22.0 Å². The van der Waals surface area contributed by atoms with E-state index in [1.54, 1.807) is 6.92 Å². The third kappa shape index (κ3) is 22.3. The number of hydrogen-bond donors (Lipinski definition) is 1. The van der Waals surface area contributed by atoms with Crippen LogP contribution in [0.2, 0.25) is 0 Å². The highest BCUT2D eigenvalue weighted by Crippen LogP contribution is 2.16. The molecule has 0 aromatic heterocycles. The monoisotopic (exact) mass is 422 g/mol. The van der Waals surface area contributed by atoms with Gasteiger partial charge in [-0.1, -0.05) is 13.8 Å². The summed E-state index contributed by atoms with van der Waals surface area (Å²) in [7, 11) is 0. The summed E-state index contributed by atoms with van der Waals surface area (Å²) < 4.78 is 59.9. The van der Waals surface area contributed by atoms with Gasteiger partial charge in [0, 0.05) is 0 Å². The smallest absolute Gasteiger partial charge is 0.446 e. The van der Waals surface area contributed by atoms with Gasteiger partial charge in [0.15, 0.2) is 0 Å². The average Bonchev–Trinajstić information content (AvgIpc) is 2.56. The molecule has 0 aromatic carbocycles. The highest BCUT2D eigenvalue weighted by molar-refractivity contribution is 5.72. The van der Waals surface area contributed by atoms with E-state index in [0.29, 0.717) is 12.8 Å². The Balaban J connectivity index is -0.000000362. The lowest BCUT2D eigenvalue weighted by atomic mass is 10.0. The van der Waals surface area contributed by atoms with Gasteiger partial charge in [0.25, 0.3) is 0 Å². The molecular weight excluding hydrogens is 391 g/mol. The van der Waals surface area contributed by atoms with Gasteiger partial charge in [-0.05, 0) is 46.5 Å². The minimum Gasteiger partial charge on any atom is -0.481 e. The second-order valence-corrected chi connectivity index (χ2v) is 6.70. The Morgan fingerprint density at radius 2 is 1.32 bits per heavy atom. The topological polar surface area (TPSA) is 80.7 Å². The molecular formula is C18H31F5O5.